The van der Waals surface area contributed by atoms with Gasteiger partial charge in [-0.1, -0.05) is 42.8 Å². The molecule has 0 saturated heterocycles. The number of rotatable bonds is 6. The Morgan fingerprint density at radius 2 is 1.82 bits per heavy atom. The minimum Gasteiger partial charge on any atom is -0.871 e. The summed E-state index contributed by atoms with van der Waals surface area (Å²) in [7, 11) is 0. The molecule has 0 amide bonds. The molecule has 1 rings (SSSR count). The predicted octanol–water partition coefficient (Wildman–Crippen LogP) is 3.69. The summed E-state index contributed by atoms with van der Waals surface area (Å²) in [6.45, 7) is 7.76. The van der Waals surface area contributed by atoms with Crippen LogP contribution in [0.4, 0.5) is 0 Å². The first-order valence-electron chi connectivity index (χ1n) is 6.36. The van der Waals surface area contributed by atoms with Gasteiger partial charge >= 0.3 is 19.5 Å². The van der Waals surface area contributed by atoms with Crippen molar-refractivity contribution in [1.82, 2.24) is 4.90 Å². The SMILES string of the molecule is CCN(CC)CCN=Cc1cc(Cl)cc(Cl)c1[O-].[N-]=[N+]=[N-].[Zn+2]. The van der Waals surface area contributed by atoms with E-state index in [0.717, 1.165) is 19.6 Å². The minimum absolute atomic E-state index is 0. The molecular formula is C13H17Cl2N5OZn. The first kappa shape index (κ1) is 23.4. The summed E-state index contributed by atoms with van der Waals surface area (Å²) >= 11 is 11.6. The van der Waals surface area contributed by atoms with Crippen LogP contribution in [0.5, 0.6) is 5.75 Å². The average Bonchev–Trinajstić information content (AvgIpc) is 2.45. The summed E-state index contributed by atoms with van der Waals surface area (Å²) in [5.74, 6) is -0.229. The van der Waals surface area contributed by atoms with Crippen LogP contribution in [-0.2, 0) is 19.5 Å². The van der Waals surface area contributed by atoms with Crippen LogP contribution in [0.1, 0.15) is 19.4 Å². The van der Waals surface area contributed by atoms with Gasteiger partial charge in [-0.15, -0.1) is 0 Å². The van der Waals surface area contributed by atoms with Gasteiger partial charge < -0.3 is 21.1 Å². The molecule has 0 aliphatic heterocycles. The van der Waals surface area contributed by atoms with Gasteiger partial charge in [0.05, 0.1) is 6.54 Å². The molecule has 0 aliphatic carbocycles. The van der Waals surface area contributed by atoms with E-state index in [4.69, 9.17) is 34.3 Å². The van der Waals surface area contributed by atoms with Crippen molar-refractivity contribution >= 4 is 29.4 Å². The molecule has 0 unspecified atom stereocenters. The third-order valence-corrected chi connectivity index (χ3v) is 3.21. The van der Waals surface area contributed by atoms with Crippen LogP contribution < -0.4 is 5.11 Å². The van der Waals surface area contributed by atoms with E-state index in [1.165, 1.54) is 11.0 Å². The number of halogens is 2. The molecule has 0 heterocycles. The molecule has 0 aromatic heterocycles. The summed E-state index contributed by atoms with van der Waals surface area (Å²) in [4.78, 5) is 8.00. The van der Waals surface area contributed by atoms with Crippen LogP contribution in [0.2, 0.25) is 10.0 Å². The number of nitrogens with zero attached hydrogens (tertiary/aromatic N) is 5. The van der Waals surface area contributed by atoms with Crippen LogP contribution >= 0.6 is 23.2 Å². The summed E-state index contributed by atoms with van der Waals surface area (Å²) in [6.07, 6.45) is 1.55. The molecule has 0 radical (unpaired) electrons. The Labute approximate surface area is 153 Å². The molecule has 9 heteroatoms. The summed E-state index contributed by atoms with van der Waals surface area (Å²) in [5, 5.41) is 12.3. The normalized spacial score (nSPS) is 9.86. The van der Waals surface area contributed by atoms with E-state index < -0.39 is 0 Å². The van der Waals surface area contributed by atoms with Crippen LogP contribution in [0, 0.1) is 0 Å². The first-order chi connectivity index (χ1) is 9.99. The van der Waals surface area contributed by atoms with Crippen molar-refractivity contribution < 1.29 is 24.6 Å². The third kappa shape index (κ3) is 9.24. The molecule has 116 valence electrons. The molecule has 22 heavy (non-hydrogen) atoms. The van der Waals surface area contributed by atoms with Crippen molar-refractivity contribution in [2.24, 2.45) is 4.99 Å². The van der Waals surface area contributed by atoms with Crippen molar-refractivity contribution in [3.63, 3.8) is 0 Å². The van der Waals surface area contributed by atoms with Crippen LogP contribution in [0.15, 0.2) is 17.1 Å². The van der Waals surface area contributed by atoms with Gasteiger partial charge in [0.2, 0.25) is 0 Å². The smallest absolute Gasteiger partial charge is 0.871 e. The van der Waals surface area contributed by atoms with Crippen molar-refractivity contribution in [1.29, 1.82) is 0 Å². The van der Waals surface area contributed by atoms with Gasteiger partial charge in [-0.05, 0) is 30.8 Å². The molecule has 0 bridgehead atoms. The Hall–Kier alpha value is -0.837. The Bertz CT molecular complexity index is 503. The second-order valence-corrected chi connectivity index (χ2v) is 4.80. The largest absolute Gasteiger partial charge is 2.00 e. The maximum Gasteiger partial charge on any atom is 2.00 e. The zero-order valence-electron chi connectivity index (χ0n) is 12.7. The topological polar surface area (TPSA) is 97.4 Å². The number of hydrogen-bond donors (Lipinski definition) is 0. The number of likely N-dealkylation sites (N-methyl/N-ethyl adjacent to an activating group) is 1. The van der Waals surface area contributed by atoms with Gasteiger partial charge in [0.25, 0.3) is 0 Å². The fraction of sp³-hybridized carbons (Fsp3) is 0.462. The molecule has 0 spiro atoms. The van der Waals surface area contributed by atoms with Gasteiger partial charge in [-0.3, -0.25) is 9.90 Å². The van der Waals surface area contributed by atoms with E-state index >= 15 is 0 Å². The quantitative estimate of drug-likeness (QED) is 0.241. The third-order valence-electron chi connectivity index (χ3n) is 2.71. The van der Waals surface area contributed by atoms with Gasteiger partial charge in [0.15, 0.2) is 0 Å². The van der Waals surface area contributed by atoms with Crippen molar-refractivity contribution in [2.75, 3.05) is 26.2 Å². The molecule has 1 aromatic carbocycles. The van der Waals surface area contributed by atoms with Crippen LogP contribution in [-0.4, -0.2) is 37.3 Å². The Kier molecular flexibility index (Phi) is 14.7. The van der Waals surface area contributed by atoms with E-state index in [-0.39, 0.29) is 30.3 Å². The van der Waals surface area contributed by atoms with Gasteiger partial charge in [-0.25, -0.2) is 0 Å². The maximum absolute atomic E-state index is 11.7. The van der Waals surface area contributed by atoms with E-state index in [1.807, 2.05) is 0 Å². The molecule has 0 aliphatic rings. The zero-order valence-corrected chi connectivity index (χ0v) is 17.1. The fourth-order valence-electron chi connectivity index (χ4n) is 1.58. The Morgan fingerprint density at radius 1 is 1.27 bits per heavy atom. The number of benzene rings is 1. The maximum atomic E-state index is 11.7. The molecule has 0 fully saturated rings. The predicted molar refractivity (Wildman–Crippen MR) is 86.2 cm³/mol. The van der Waals surface area contributed by atoms with Gasteiger partial charge in [0.1, 0.15) is 0 Å². The fourth-order valence-corrected chi connectivity index (χ4v) is 2.09. The minimum atomic E-state index is -0.229. The van der Waals surface area contributed by atoms with Gasteiger partial charge in [-0.2, -0.15) is 0 Å². The standard InChI is InChI=1S/C13H18Cl2N2O.N3.Zn/c1-3-17(4-2)6-5-16-9-10-7-11(14)8-12(15)13(10)18;1-3-2;/h7-9,18H,3-6H2,1-2H3;;/q;-1;+2/p-1. The molecule has 0 atom stereocenters. The van der Waals surface area contributed by atoms with Crippen molar-refractivity contribution in [3.05, 3.63) is 43.7 Å². The van der Waals surface area contributed by atoms with Crippen molar-refractivity contribution in [2.45, 2.75) is 13.8 Å². The second kappa shape index (κ2) is 13.8. The molecular weight excluding hydrogens is 378 g/mol. The van der Waals surface area contributed by atoms with Crippen LogP contribution in [0.25, 0.3) is 16.0 Å². The van der Waals surface area contributed by atoms with E-state index in [1.54, 1.807) is 12.3 Å². The van der Waals surface area contributed by atoms with E-state index in [2.05, 4.69) is 23.7 Å². The Balaban J connectivity index is 0. The monoisotopic (exact) mass is 393 g/mol. The van der Waals surface area contributed by atoms with Crippen LogP contribution in [0.3, 0.4) is 0 Å². The summed E-state index contributed by atoms with van der Waals surface area (Å²) in [6, 6.07) is 3.02. The molecule has 6 nitrogen and oxygen atoms in total. The average molecular weight is 396 g/mol. The van der Waals surface area contributed by atoms with E-state index in [0.29, 0.717) is 17.1 Å². The number of hydrogen-bond acceptors (Lipinski definition) is 3. The first-order valence-corrected chi connectivity index (χ1v) is 7.12. The summed E-state index contributed by atoms with van der Waals surface area (Å²) < 4.78 is 0. The number of aliphatic imine (C=N–C) groups is 1. The van der Waals surface area contributed by atoms with Gasteiger partial charge in [0, 0.05) is 22.8 Å². The van der Waals surface area contributed by atoms with E-state index in [9.17, 15) is 5.11 Å². The van der Waals surface area contributed by atoms with Crippen molar-refractivity contribution in [3.8, 4) is 5.75 Å². The molecule has 0 saturated carbocycles. The zero-order chi connectivity index (χ0) is 16.3. The molecule has 1 aromatic rings. The second-order valence-electron chi connectivity index (χ2n) is 3.96. The Morgan fingerprint density at radius 3 is 2.32 bits per heavy atom. The molecule has 0 N–H and O–H groups in total. The summed E-state index contributed by atoms with van der Waals surface area (Å²) in [5.41, 5.74) is 13.9.